The Morgan fingerprint density at radius 1 is 1.30 bits per heavy atom. The second-order valence-electron chi connectivity index (χ2n) is 4.12. The molecule has 0 aliphatic heterocycles. The summed E-state index contributed by atoms with van der Waals surface area (Å²) in [6, 6.07) is 3.57. The van der Waals surface area contributed by atoms with E-state index in [1.165, 1.54) is 19.2 Å². The number of likely N-dealkylation sites (N-methyl/N-ethyl adjacent to an activating group) is 1. The Hall–Kier alpha value is -1.20. The molecule has 4 N–H and O–H groups in total. The molecule has 0 aliphatic carbocycles. The van der Waals surface area contributed by atoms with Gasteiger partial charge in [-0.3, -0.25) is 5.84 Å². The standard InChI is InChI=1S/C10H17N3O5S2/c1-13(5-6-14)20(17,18)10-7-8(19(2,15)16)3-4-9(10)12-11/h3-4,7,12,14H,5-6,11H2,1-2H3. The van der Waals surface area contributed by atoms with Gasteiger partial charge in [-0.15, -0.1) is 0 Å². The molecular weight excluding hydrogens is 306 g/mol. The van der Waals surface area contributed by atoms with Crippen LogP contribution in [-0.4, -0.2) is 52.7 Å². The highest BCUT2D eigenvalue weighted by Crippen LogP contribution is 2.26. The van der Waals surface area contributed by atoms with E-state index < -0.39 is 19.9 Å². The Balaban J connectivity index is 3.49. The maximum atomic E-state index is 12.3. The molecule has 1 rings (SSSR count). The van der Waals surface area contributed by atoms with Gasteiger partial charge in [0.2, 0.25) is 10.0 Å². The van der Waals surface area contributed by atoms with Crippen LogP contribution in [0.2, 0.25) is 0 Å². The fourth-order valence-corrected chi connectivity index (χ4v) is 3.56. The first-order valence-corrected chi connectivity index (χ1v) is 8.85. The molecule has 0 aliphatic rings. The molecule has 0 saturated carbocycles. The fourth-order valence-electron chi connectivity index (χ4n) is 1.49. The predicted molar refractivity (Wildman–Crippen MR) is 74.3 cm³/mol. The summed E-state index contributed by atoms with van der Waals surface area (Å²) in [4.78, 5) is -0.397. The second kappa shape index (κ2) is 6.06. The smallest absolute Gasteiger partial charge is 0.245 e. The molecule has 0 bridgehead atoms. The number of benzene rings is 1. The Kier molecular flexibility index (Phi) is 5.10. The van der Waals surface area contributed by atoms with Gasteiger partial charge in [0, 0.05) is 19.8 Å². The van der Waals surface area contributed by atoms with E-state index in [4.69, 9.17) is 10.9 Å². The number of hydrazine groups is 1. The van der Waals surface area contributed by atoms with Crippen molar-refractivity contribution >= 4 is 25.5 Å². The molecule has 0 heterocycles. The van der Waals surface area contributed by atoms with Crippen LogP contribution in [0.25, 0.3) is 0 Å². The maximum Gasteiger partial charge on any atom is 0.245 e. The minimum absolute atomic E-state index is 0.0715. The Labute approximate surface area is 118 Å². The first-order valence-electron chi connectivity index (χ1n) is 5.52. The summed E-state index contributed by atoms with van der Waals surface area (Å²) in [7, 11) is -6.23. The van der Waals surface area contributed by atoms with Crippen LogP contribution in [0.15, 0.2) is 28.0 Å². The van der Waals surface area contributed by atoms with Crippen molar-refractivity contribution in [2.45, 2.75) is 9.79 Å². The van der Waals surface area contributed by atoms with Crippen molar-refractivity contribution in [1.82, 2.24) is 4.31 Å². The SMILES string of the molecule is CN(CCO)S(=O)(=O)c1cc(S(C)(=O)=O)ccc1NN. The molecule has 0 radical (unpaired) electrons. The van der Waals surface area contributed by atoms with Crippen LogP contribution in [0.3, 0.4) is 0 Å². The lowest BCUT2D eigenvalue weighted by Crippen LogP contribution is -2.30. The fraction of sp³-hybridized carbons (Fsp3) is 0.400. The lowest BCUT2D eigenvalue weighted by Gasteiger charge is -2.18. The van der Waals surface area contributed by atoms with E-state index in [2.05, 4.69) is 5.43 Å². The number of nitrogens with one attached hydrogen (secondary N) is 1. The van der Waals surface area contributed by atoms with Crippen LogP contribution in [0.4, 0.5) is 5.69 Å². The van der Waals surface area contributed by atoms with Gasteiger partial charge in [-0.25, -0.2) is 16.8 Å². The van der Waals surface area contributed by atoms with Crippen molar-refractivity contribution in [3.63, 3.8) is 0 Å². The van der Waals surface area contributed by atoms with E-state index in [1.807, 2.05) is 0 Å². The van der Waals surface area contributed by atoms with E-state index in [0.717, 1.165) is 16.6 Å². The molecule has 8 nitrogen and oxygen atoms in total. The average Bonchev–Trinajstić information content (AvgIpc) is 2.37. The molecule has 0 atom stereocenters. The number of nitrogens with zero attached hydrogens (tertiary/aromatic N) is 1. The highest BCUT2D eigenvalue weighted by molar-refractivity contribution is 7.91. The molecule has 1 aromatic rings. The molecule has 114 valence electrons. The highest BCUT2D eigenvalue weighted by Gasteiger charge is 2.25. The number of nitrogen functional groups attached to an aromatic ring is 1. The highest BCUT2D eigenvalue weighted by atomic mass is 32.2. The third kappa shape index (κ3) is 3.46. The van der Waals surface area contributed by atoms with Crippen LogP contribution in [-0.2, 0) is 19.9 Å². The van der Waals surface area contributed by atoms with Crippen molar-refractivity contribution in [3.05, 3.63) is 18.2 Å². The molecule has 1 aromatic carbocycles. The lowest BCUT2D eigenvalue weighted by molar-refractivity contribution is 0.266. The van der Waals surface area contributed by atoms with Gasteiger partial charge in [0.05, 0.1) is 17.2 Å². The second-order valence-corrected chi connectivity index (χ2v) is 8.15. The van der Waals surface area contributed by atoms with Crippen molar-refractivity contribution in [2.75, 3.05) is 31.9 Å². The zero-order chi connectivity index (χ0) is 15.6. The number of nitrogens with two attached hydrogens (primary N) is 1. The van der Waals surface area contributed by atoms with Gasteiger partial charge in [-0.1, -0.05) is 0 Å². The number of hydrogen-bond acceptors (Lipinski definition) is 7. The van der Waals surface area contributed by atoms with Gasteiger partial charge in [-0.2, -0.15) is 4.31 Å². The molecule has 20 heavy (non-hydrogen) atoms. The first-order chi connectivity index (χ1) is 9.14. The van der Waals surface area contributed by atoms with Crippen LogP contribution < -0.4 is 11.3 Å². The third-order valence-electron chi connectivity index (χ3n) is 2.64. The summed E-state index contributed by atoms with van der Waals surface area (Å²) in [5.74, 6) is 5.25. The molecule has 0 amide bonds. The lowest BCUT2D eigenvalue weighted by atomic mass is 10.3. The summed E-state index contributed by atoms with van der Waals surface area (Å²) in [6.07, 6.45) is 0.978. The summed E-state index contributed by atoms with van der Waals surface area (Å²) in [6.45, 7) is -0.470. The Morgan fingerprint density at radius 2 is 1.90 bits per heavy atom. The van der Waals surface area contributed by atoms with Gasteiger partial charge < -0.3 is 10.5 Å². The molecule has 0 aromatic heterocycles. The van der Waals surface area contributed by atoms with E-state index in [-0.39, 0.29) is 28.6 Å². The van der Waals surface area contributed by atoms with Crippen LogP contribution in [0, 0.1) is 0 Å². The van der Waals surface area contributed by atoms with Gasteiger partial charge >= 0.3 is 0 Å². The van der Waals surface area contributed by atoms with E-state index in [9.17, 15) is 16.8 Å². The summed E-state index contributed by atoms with van der Waals surface area (Å²) in [5, 5.41) is 8.81. The predicted octanol–water partition coefficient (Wildman–Crippen LogP) is -1.01. The first kappa shape index (κ1) is 16.9. The van der Waals surface area contributed by atoms with Crippen molar-refractivity contribution in [2.24, 2.45) is 5.84 Å². The molecule has 0 fully saturated rings. The summed E-state index contributed by atoms with van der Waals surface area (Å²) >= 11 is 0. The van der Waals surface area contributed by atoms with Crippen LogP contribution in [0.1, 0.15) is 0 Å². The van der Waals surface area contributed by atoms with Crippen molar-refractivity contribution in [1.29, 1.82) is 0 Å². The van der Waals surface area contributed by atoms with E-state index in [1.54, 1.807) is 0 Å². The van der Waals surface area contributed by atoms with Crippen molar-refractivity contribution in [3.8, 4) is 0 Å². The average molecular weight is 323 g/mol. The molecular formula is C10H17N3O5S2. The normalized spacial score (nSPS) is 12.7. The summed E-state index contributed by atoms with van der Waals surface area (Å²) < 4.78 is 48.5. The molecule has 0 saturated heterocycles. The number of aliphatic hydroxyl groups excluding tert-OH is 1. The minimum atomic E-state index is -3.96. The Bertz CT molecular complexity index is 685. The van der Waals surface area contributed by atoms with E-state index >= 15 is 0 Å². The van der Waals surface area contributed by atoms with Gasteiger partial charge in [0.15, 0.2) is 9.84 Å². The zero-order valence-corrected chi connectivity index (χ0v) is 12.7. The van der Waals surface area contributed by atoms with Gasteiger partial charge in [0.25, 0.3) is 0 Å². The largest absolute Gasteiger partial charge is 0.395 e. The van der Waals surface area contributed by atoms with Crippen molar-refractivity contribution < 1.29 is 21.9 Å². The summed E-state index contributed by atoms with van der Waals surface area (Å²) in [5.41, 5.74) is 2.29. The monoisotopic (exact) mass is 323 g/mol. The molecule has 0 spiro atoms. The molecule has 10 heteroatoms. The number of sulfone groups is 1. The topological polar surface area (TPSA) is 130 Å². The number of aliphatic hydroxyl groups is 1. The number of rotatable bonds is 6. The third-order valence-corrected chi connectivity index (χ3v) is 5.65. The number of hydrogen-bond donors (Lipinski definition) is 3. The Morgan fingerprint density at radius 3 is 2.35 bits per heavy atom. The van der Waals surface area contributed by atoms with E-state index in [0.29, 0.717) is 0 Å². The number of sulfonamides is 1. The molecule has 0 unspecified atom stereocenters. The quantitative estimate of drug-likeness (QED) is 0.451. The van der Waals surface area contributed by atoms with Crippen LogP contribution >= 0.6 is 0 Å². The maximum absolute atomic E-state index is 12.3. The zero-order valence-electron chi connectivity index (χ0n) is 11.1. The van der Waals surface area contributed by atoms with Gasteiger partial charge in [0.1, 0.15) is 4.90 Å². The van der Waals surface area contributed by atoms with Crippen LogP contribution in [0.5, 0.6) is 0 Å². The number of anilines is 1. The van der Waals surface area contributed by atoms with Gasteiger partial charge in [-0.05, 0) is 18.2 Å². The minimum Gasteiger partial charge on any atom is -0.395 e.